The summed E-state index contributed by atoms with van der Waals surface area (Å²) in [5.74, 6) is 0.818. The Morgan fingerprint density at radius 2 is 1.90 bits per heavy atom. The Kier molecular flexibility index (Phi) is 4.39. The molecule has 1 aromatic carbocycles. The average molecular weight is 296 g/mol. The van der Waals surface area contributed by atoms with Crippen LogP contribution < -0.4 is 11.1 Å². The molecular weight excluding hydrogens is 272 g/mol. The zero-order chi connectivity index (χ0) is 14.8. The van der Waals surface area contributed by atoms with Crippen molar-refractivity contribution in [1.29, 1.82) is 0 Å². The fourth-order valence-corrected chi connectivity index (χ4v) is 3.83. The highest BCUT2D eigenvalue weighted by Gasteiger charge is 2.40. The third-order valence-corrected chi connectivity index (χ3v) is 5.95. The Morgan fingerprint density at radius 3 is 2.35 bits per heavy atom. The van der Waals surface area contributed by atoms with Crippen LogP contribution in [0.4, 0.5) is 5.69 Å². The van der Waals surface area contributed by atoms with Crippen LogP contribution in [0.2, 0.25) is 0 Å². The summed E-state index contributed by atoms with van der Waals surface area (Å²) in [7, 11) is -3.13. The van der Waals surface area contributed by atoms with Gasteiger partial charge in [-0.3, -0.25) is 0 Å². The van der Waals surface area contributed by atoms with Crippen molar-refractivity contribution in [2.24, 2.45) is 11.7 Å². The Balaban J connectivity index is 2.12. The highest BCUT2D eigenvalue weighted by Crippen LogP contribution is 2.40. The number of nitrogens with one attached hydrogen (secondary N) is 1. The van der Waals surface area contributed by atoms with E-state index in [9.17, 15) is 8.42 Å². The molecule has 0 spiro atoms. The minimum atomic E-state index is -3.13. The van der Waals surface area contributed by atoms with Crippen LogP contribution in [0.25, 0.3) is 0 Å². The summed E-state index contributed by atoms with van der Waals surface area (Å²) in [5.41, 5.74) is 6.71. The Bertz CT molecular complexity index is 550. The summed E-state index contributed by atoms with van der Waals surface area (Å²) in [6.07, 6.45) is 3.06. The van der Waals surface area contributed by atoms with Crippen LogP contribution >= 0.6 is 0 Å². The Labute approximate surface area is 121 Å². The minimum absolute atomic E-state index is 0.0934. The van der Waals surface area contributed by atoms with Crippen molar-refractivity contribution in [3.8, 4) is 0 Å². The summed E-state index contributed by atoms with van der Waals surface area (Å²) in [6, 6.07) is 7.02. The van der Waals surface area contributed by atoms with E-state index in [1.54, 1.807) is 12.1 Å². The van der Waals surface area contributed by atoms with Crippen molar-refractivity contribution in [3.63, 3.8) is 0 Å². The van der Waals surface area contributed by atoms with Gasteiger partial charge in [0.05, 0.1) is 10.6 Å². The second kappa shape index (κ2) is 5.74. The molecule has 1 aliphatic rings. The first-order chi connectivity index (χ1) is 9.41. The molecular formula is C15H24N2O2S. The maximum absolute atomic E-state index is 12.0. The topological polar surface area (TPSA) is 72.2 Å². The molecule has 1 unspecified atom stereocenters. The van der Waals surface area contributed by atoms with E-state index in [-0.39, 0.29) is 11.3 Å². The van der Waals surface area contributed by atoms with E-state index in [0.29, 0.717) is 23.8 Å². The molecule has 0 heterocycles. The molecule has 0 aromatic heterocycles. The van der Waals surface area contributed by atoms with Crippen LogP contribution in [-0.2, 0) is 9.84 Å². The van der Waals surface area contributed by atoms with Crippen LogP contribution in [0, 0.1) is 5.92 Å². The van der Waals surface area contributed by atoms with Crippen LogP contribution in [-0.4, -0.2) is 26.3 Å². The molecule has 5 heteroatoms. The lowest BCUT2D eigenvalue weighted by atomic mass is 9.95. The second-order valence-corrected chi connectivity index (χ2v) is 7.97. The van der Waals surface area contributed by atoms with E-state index in [0.717, 1.165) is 5.69 Å². The normalized spacial score (nSPS) is 18.6. The van der Waals surface area contributed by atoms with Crippen molar-refractivity contribution in [2.75, 3.05) is 17.6 Å². The summed E-state index contributed by atoms with van der Waals surface area (Å²) in [4.78, 5) is 0.394. The molecule has 0 saturated heterocycles. The SMILES string of the molecule is CCCS(=O)(=O)c1ccc(NC(C)(CN)C2CC2)cc1. The second-order valence-electron chi connectivity index (χ2n) is 5.86. The molecule has 4 nitrogen and oxygen atoms in total. The molecule has 0 aliphatic heterocycles. The fraction of sp³-hybridized carbons (Fsp3) is 0.600. The molecule has 0 bridgehead atoms. The molecule has 20 heavy (non-hydrogen) atoms. The third kappa shape index (κ3) is 3.33. The molecule has 1 fully saturated rings. The van der Waals surface area contributed by atoms with Gasteiger partial charge >= 0.3 is 0 Å². The van der Waals surface area contributed by atoms with Gasteiger partial charge in [-0.25, -0.2) is 8.42 Å². The first-order valence-corrected chi connectivity index (χ1v) is 8.87. The summed E-state index contributed by atoms with van der Waals surface area (Å²) in [6.45, 7) is 4.58. The van der Waals surface area contributed by atoms with E-state index in [4.69, 9.17) is 5.73 Å². The molecule has 1 aliphatic carbocycles. The predicted molar refractivity (Wildman–Crippen MR) is 82.6 cm³/mol. The number of sulfone groups is 1. The van der Waals surface area contributed by atoms with Gasteiger partial charge in [-0.05, 0) is 56.4 Å². The number of hydrogen-bond donors (Lipinski definition) is 2. The molecule has 2 rings (SSSR count). The van der Waals surface area contributed by atoms with Gasteiger partial charge in [0.15, 0.2) is 9.84 Å². The van der Waals surface area contributed by atoms with Gasteiger partial charge in [0.2, 0.25) is 0 Å². The van der Waals surface area contributed by atoms with Gasteiger partial charge in [0.1, 0.15) is 0 Å². The number of anilines is 1. The number of rotatable bonds is 7. The van der Waals surface area contributed by atoms with Gasteiger partial charge in [-0.2, -0.15) is 0 Å². The largest absolute Gasteiger partial charge is 0.378 e. The van der Waals surface area contributed by atoms with Crippen molar-refractivity contribution >= 4 is 15.5 Å². The molecule has 112 valence electrons. The van der Waals surface area contributed by atoms with Gasteiger partial charge in [0.25, 0.3) is 0 Å². The molecule has 1 saturated carbocycles. The van der Waals surface area contributed by atoms with Crippen molar-refractivity contribution in [2.45, 2.75) is 43.5 Å². The average Bonchev–Trinajstić information content (AvgIpc) is 3.24. The first-order valence-electron chi connectivity index (χ1n) is 7.22. The summed E-state index contributed by atoms with van der Waals surface area (Å²) in [5, 5.41) is 3.46. The highest BCUT2D eigenvalue weighted by molar-refractivity contribution is 7.91. The molecule has 0 amide bonds. The van der Waals surface area contributed by atoms with Crippen molar-refractivity contribution in [3.05, 3.63) is 24.3 Å². The first kappa shape index (κ1) is 15.3. The standard InChI is InChI=1S/C15H24N2O2S/c1-3-10-20(18,19)14-8-6-13(7-9-14)17-15(2,11-16)12-4-5-12/h6-9,12,17H,3-5,10-11,16H2,1-2H3. The maximum Gasteiger partial charge on any atom is 0.178 e. The lowest BCUT2D eigenvalue weighted by molar-refractivity contribution is 0.459. The lowest BCUT2D eigenvalue weighted by Crippen LogP contribution is -2.44. The molecule has 1 aromatic rings. The van der Waals surface area contributed by atoms with E-state index >= 15 is 0 Å². The number of nitrogens with two attached hydrogens (primary N) is 1. The Hall–Kier alpha value is -1.07. The van der Waals surface area contributed by atoms with Crippen molar-refractivity contribution < 1.29 is 8.42 Å². The third-order valence-electron chi connectivity index (χ3n) is 4.02. The fourth-order valence-electron chi connectivity index (χ4n) is 2.50. The van der Waals surface area contributed by atoms with Gasteiger partial charge in [-0.15, -0.1) is 0 Å². The smallest absolute Gasteiger partial charge is 0.178 e. The zero-order valence-corrected chi connectivity index (χ0v) is 13.0. The minimum Gasteiger partial charge on any atom is -0.378 e. The van der Waals surface area contributed by atoms with Gasteiger partial charge < -0.3 is 11.1 Å². The van der Waals surface area contributed by atoms with Crippen LogP contribution in [0.15, 0.2) is 29.2 Å². The lowest BCUT2D eigenvalue weighted by Gasteiger charge is -2.30. The zero-order valence-electron chi connectivity index (χ0n) is 12.2. The van der Waals surface area contributed by atoms with E-state index in [1.165, 1.54) is 12.8 Å². The molecule has 3 N–H and O–H groups in total. The number of benzene rings is 1. The summed E-state index contributed by atoms with van der Waals surface area (Å²) < 4.78 is 23.9. The van der Waals surface area contributed by atoms with E-state index < -0.39 is 9.84 Å². The van der Waals surface area contributed by atoms with Crippen molar-refractivity contribution in [1.82, 2.24) is 0 Å². The molecule has 1 atom stereocenters. The monoisotopic (exact) mass is 296 g/mol. The maximum atomic E-state index is 12.0. The van der Waals surface area contributed by atoms with Crippen LogP contribution in [0.5, 0.6) is 0 Å². The van der Waals surface area contributed by atoms with Gasteiger partial charge in [-0.1, -0.05) is 6.92 Å². The molecule has 0 radical (unpaired) electrons. The predicted octanol–water partition coefficient (Wildman–Crippen LogP) is 2.41. The highest BCUT2D eigenvalue weighted by atomic mass is 32.2. The number of hydrogen-bond acceptors (Lipinski definition) is 4. The van der Waals surface area contributed by atoms with E-state index in [1.807, 2.05) is 19.1 Å². The summed E-state index contributed by atoms with van der Waals surface area (Å²) >= 11 is 0. The van der Waals surface area contributed by atoms with Crippen LogP contribution in [0.1, 0.15) is 33.1 Å². The quantitative estimate of drug-likeness (QED) is 0.810. The Morgan fingerprint density at radius 1 is 1.30 bits per heavy atom. The van der Waals surface area contributed by atoms with Gasteiger partial charge in [0, 0.05) is 17.8 Å². The van der Waals surface area contributed by atoms with Crippen LogP contribution in [0.3, 0.4) is 0 Å². The van der Waals surface area contributed by atoms with E-state index in [2.05, 4.69) is 12.2 Å².